The number of hydrogen-bond donors (Lipinski definition) is 3. The largest absolute Gasteiger partial charge is 0.453 e. The molecular weight excluding hydrogens is 557 g/mol. The first-order chi connectivity index (χ1) is 20.2. The van der Waals surface area contributed by atoms with Crippen LogP contribution in [0.1, 0.15) is 59.7 Å². The molecule has 0 spiro atoms. The minimum Gasteiger partial charge on any atom is -0.453 e. The van der Waals surface area contributed by atoms with E-state index in [1.165, 1.54) is 19.2 Å². The van der Waals surface area contributed by atoms with Crippen LogP contribution < -0.4 is 11.1 Å². The molecule has 2 amide bonds. The van der Waals surface area contributed by atoms with E-state index in [2.05, 4.69) is 24.4 Å². The first-order valence-electron chi connectivity index (χ1n) is 14.4. The summed E-state index contributed by atoms with van der Waals surface area (Å²) in [4.78, 5) is 26.8. The zero-order valence-electron chi connectivity index (χ0n) is 24.2. The van der Waals surface area contributed by atoms with Gasteiger partial charge >= 0.3 is 6.09 Å². The molecule has 2 atom stereocenters. The van der Waals surface area contributed by atoms with Crippen molar-refractivity contribution in [2.45, 2.75) is 51.2 Å². The number of methoxy groups -OCH3 is 1. The highest BCUT2D eigenvalue weighted by molar-refractivity contribution is 6.33. The number of amides is 2. The zero-order valence-corrected chi connectivity index (χ0v) is 24.9. The van der Waals surface area contributed by atoms with E-state index in [0.717, 1.165) is 23.1 Å². The second-order valence-corrected chi connectivity index (χ2v) is 11.2. The number of benzene rings is 3. The number of nitrogens with two attached hydrogens (primary N) is 1. The van der Waals surface area contributed by atoms with Gasteiger partial charge in [-0.15, -0.1) is 0 Å². The molecule has 9 heteroatoms. The van der Waals surface area contributed by atoms with E-state index >= 15 is 0 Å². The number of halogens is 2. The maximum absolute atomic E-state index is 14.9. The lowest BCUT2D eigenvalue weighted by atomic mass is 9.72. The second kappa shape index (κ2) is 14.1. The first-order valence-corrected chi connectivity index (χ1v) is 14.8. The Labute approximate surface area is 251 Å². The predicted molar refractivity (Wildman–Crippen MR) is 163 cm³/mol. The average molecular weight is 596 g/mol. The lowest BCUT2D eigenvalue weighted by Gasteiger charge is -2.44. The van der Waals surface area contributed by atoms with E-state index in [4.69, 9.17) is 22.1 Å². The van der Waals surface area contributed by atoms with Crippen LogP contribution in [-0.4, -0.2) is 48.8 Å². The summed E-state index contributed by atoms with van der Waals surface area (Å²) in [5, 5.41) is 15.9. The topological polar surface area (TPSA) is 105 Å². The van der Waals surface area contributed by atoms with Gasteiger partial charge in [-0.05, 0) is 72.6 Å². The third kappa shape index (κ3) is 6.94. The van der Waals surface area contributed by atoms with E-state index < -0.39 is 23.4 Å². The molecule has 42 heavy (non-hydrogen) atoms. The highest BCUT2D eigenvalue weighted by Crippen LogP contribution is 2.45. The number of aliphatic hydroxyl groups is 1. The number of nitrogens with zero attached hydrogens (tertiary/aromatic N) is 1. The van der Waals surface area contributed by atoms with Crippen molar-refractivity contribution >= 4 is 23.6 Å². The van der Waals surface area contributed by atoms with Gasteiger partial charge in [-0.1, -0.05) is 61.0 Å². The number of carbonyl (C=O) groups excluding carboxylic acids is 2. The van der Waals surface area contributed by atoms with Gasteiger partial charge in [-0.2, -0.15) is 0 Å². The summed E-state index contributed by atoms with van der Waals surface area (Å²) < 4.78 is 19.6. The van der Waals surface area contributed by atoms with Crippen LogP contribution in [0.15, 0.2) is 60.7 Å². The highest BCUT2D eigenvalue weighted by Gasteiger charge is 2.43. The van der Waals surface area contributed by atoms with Gasteiger partial charge in [0, 0.05) is 42.7 Å². The molecule has 4 N–H and O–H groups in total. The SMILES string of the molecule is CCc1cccc(-c2c(Cl)cccc2[C@](O)(CCCNC(=O)OC)[C@@H]2CCCN(C(=O)c3ccc(CN)cc3F)C2)c1. The number of aryl methyl sites for hydroxylation is 1. The predicted octanol–water partition coefficient (Wildman–Crippen LogP) is 6.04. The molecule has 1 aliphatic heterocycles. The number of hydrogen-bond acceptors (Lipinski definition) is 5. The molecule has 1 saturated heterocycles. The summed E-state index contributed by atoms with van der Waals surface area (Å²) in [5.74, 6) is -1.40. The maximum Gasteiger partial charge on any atom is 0.406 e. The van der Waals surface area contributed by atoms with E-state index in [0.29, 0.717) is 54.9 Å². The van der Waals surface area contributed by atoms with Gasteiger partial charge < -0.3 is 25.8 Å². The van der Waals surface area contributed by atoms with Gasteiger partial charge in [0.2, 0.25) is 0 Å². The molecule has 4 rings (SSSR count). The van der Waals surface area contributed by atoms with Crippen molar-refractivity contribution in [2.24, 2.45) is 11.7 Å². The summed E-state index contributed by atoms with van der Waals surface area (Å²) in [5.41, 5.74) is 8.27. The van der Waals surface area contributed by atoms with Gasteiger partial charge in [-0.25, -0.2) is 9.18 Å². The van der Waals surface area contributed by atoms with Gasteiger partial charge in [0.15, 0.2) is 0 Å². The molecule has 3 aromatic carbocycles. The van der Waals surface area contributed by atoms with Crippen LogP contribution in [0, 0.1) is 11.7 Å². The fourth-order valence-corrected chi connectivity index (χ4v) is 6.17. The first kappa shape index (κ1) is 31.5. The number of rotatable bonds is 10. The van der Waals surface area contributed by atoms with Crippen LogP contribution in [0.4, 0.5) is 9.18 Å². The summed E-state index contributed by atoms with van der Waals surface area (Å²) in [6.45, 7) is 3.24. The van der Waals surface area contributed by atoms with Crippen molar-refractivity contribution in [3.05, 3.63) is 93.8 Å². The summed E-state index contributed by atoms with van der Waals surface area (Å²) in [7, 11) is 1.30. The average Bonchev–Trinajstić information content (AvgIpc) is 3.02. The normalized spacial score (nSPS) is 16.5. The van der Waals surface area contributed by atoms with Crippen LogP contribution in [0.3, 0.4) is 0 Å². The molecule has 3 aromatic rings. The summed E-state index contributed by atoms with van der Waals surface area (Å²) in [6, 6.07) is 18.0. The molecule has 0 saturated carbocycles. The fourth-order valence-electron chi connectivity index (χ4n) is 5.89. The Morgan fingerprint density at radius 2 is 1.95 bits per heavy atom. The molecule has 1 heterocycles. The molecular formula is C33H39ClFN3O4. The highest BCUT2D eigenvalue weighted by atomic mass is 35.5. The van der Waals surface area contributed by atoms with Crippen LogP contribution in [0.25, 0.3) is 11.1 Å². The Morgan fingerprint density at radius 1 is 1.17 bits per heavy atom. The van der Waals surface area contributed by atoms with Crippen molar-refractivity contribution in [3.8, 4) is 11.1 Å². The Kier molecular flexibility index (Phi) is 10.6. The number of carbonyl (C=O) groups is 2. The van der Waals surface area contributed by atoms with Gasteiger partial charge in [-0.3, -0.25) is 4.79 Å². The lowest BCUT2D eigenvalue weighted by molar-refractivity contribution is -0.0563. The Balaban J connectivity index is 1.72. The number of ether oxygens (including phenoxy) is 1. The molecule has 1 aliphatic rings. The van der Waals surface area contributed by atoms with E-state index in [1.54, 1.807) is 11.0 Å². The van der Waals surface area contributed by atoms with Crippen molar-refractivity contribution in [2.75, 3.05) is 26.7 Å². The van der Waals surface area contributed by atoms with Crippen molar-refractivity contribution in [1.29, 1.82) is 0 Å². The quantitative estimate of drug-likeness (QED) is 0.248. The lowest BCUT2D eigenvalue weighted by Crippen LogP contribution is -2.48. The van der Waals surface area contributed by atoms with E-state index in [-0.39, 0.29) is 24.6 Å². The van der Waals surface area contributed by atoms with Crippen molar-refractivity contribution < 1.29 is 23.8 Å². The third-order valence-electron chi connectivity index (χ3n) is 8.18. The molecule has 224 valence electrons. The summed E-state index contributed by atoms with van der Waals surface area (Å²) in [6.07, 6.45) is 2.34. The van der Waals surface area contributed by atoms with E-state index in [9.17, 15) is 19.1 Å². The summed E-state index contributed by atoms with van der Waals surface area (Å²) >= 11 is 6.83. The molecule has 1 fully saturated rings. The van der Waals surface area contributed by atoms with Gasteiger partial charge in [0.1, 0.15) is 5.82 Å². The van der Waals surface area contributed by atoms with Gasteiger partial charge in [0.05, 0.1) is 18.3 Å². The van der Waals surface area contributed by atoms with E-state index in [1.807, 2.05) is 30.3 Å². The van der Waals surface area contributed by atoms with Crippen LogP contribution in [0.5, 0.6) is 0 Å². The number of alkyl carbamates (subject to hydrolysis) is 1. The van der Waals surface area contributed by atoms with Crippen LogP contribution in [0.2, 0.25) is 5.02 Å². The molecule has 0 aliphatic carbocycles. The Bertz CT molecular complexity index is 1420. The van der Waals surface area contributed by atoms with Crippen LogP contribution >= 0.6 is 11.6 Å². The van der Waals surface area contributed by atoms with Crippen LogP contribution in [-0.2, 0) is 23.3 Å². The third-order valence-corrected chi connectivity index (χ3v) is 8.49. The number of nitrogens with one attached hydrogen (secondary N) is 1. The Hall–Kier alpha value is -3.46. The molecule has 0 aromatic heterocycles. The monoisotopic (exact) mass is 595 g/mol. The van der Waals surface area contributed by atoms with Crippen molar-refractivity contribution in [1.82, 2.24) is 10.2 Å². The molecule has 0 unspecified atom stereocenters. The standard InChI is InChI=1S/C33H39ClFN3O4/c1-3-22-8-4-9-24(18-22)30-27(11-5-12-28(30)34)33(41,15-7-16-37-32(40)42-2)25-10-6-17-38(21-25)31(39)26-14-13-23(20-36)19-29(26)35/h4-5,8-9,11-14,18-19,25,41H,3,6-7,10,15-17,20-21,36H2,1-2H3,(H,37,40)/t25-,33+/m1/s1. The Morgan fingerprint density at radius 3 is 2.67 bits per heavy atom. The second-order valence-electron chi connectivity index (χ2n) is 10.8. The molecule has 0 radical (unpaired) electrons. The maximum atomic E-state index is 14.9. The smallest absolute Gasteiger partial charge is 0.406 e. The zero-order chi connectivity index (χ0) is 30.3. The minimum atomic E-state index is -1.40. The molecule has 7 nitrogen and oxygen atoms in total. The van der Waals surface area contributed by atoms with Crippen molar-refractivity contribution in [3.63, 3.8) is 0 Å². The number of piperidine rings is 1. The van der Waals surface area contributed by atoms with Gasteiger partial charge in [0.25, 0.3) is 5.91 Å². The minimum absolute atomic E-state index is 0.0153. The number of likely N-dealkylation sites (tertiary alicyclic amines) is 1. The fraction of sp³-hybridized carbons (Fsp3) is 0.394. The molecule has 0 bridgehead atoms.